The largest absolute Gasteiger partial charge is 0.494 e. The van der Waals surface area contributed by atoms with Gasteiger partial charge in [0.05, 0.1) is 12.3 Å². The Bertz CT molecular complexity index is 563. The van der Waals surface area contributed by atoms with Crippen molar-refractivity contribution in [1.29, 1.82) is 0 Å². The van der Waals surface area contributed by atoms with Crippen molar-refractivity contribution >= 4 is 0 Å². The fourth-order valence-electron chi connectivity index (χ4n) is 1.67. The molecular weight excluding hydrogens is 242 g/mol. The van der Waals surface area contributed by atoms with E-state index in [0.717, 1.165) is 24.3 Å². The van der Waals surface area contributed by atoms with Gasteiger partial charge in [-0.1, -0.05) is 0 Å². The lowest BCUT2D eigenvalue weighted by Gasteiger charge is -2.07. The van der Waals surface area contributed by atoms with E-state index in [-0.39, 0.29) is 5.56 Å². The minimum atomic E-state index is -0.154. The Balaban J connectivity index is 2.03. The van der Waals surface area contributed by atoms with E-state index in [9.17, 15) is 4.79 Å². The second kappa shape index (κ2) is 6.70. The van der Waals surface area contributed by atoms with E-state index >= 15 is 0 Å². The normalized spacial score (nSPS) is 10.4. The highest BCUT2D eigenvalue weighted by Gasteiger charge is 2.00. The number of ether oxygens (including phenoxy) is 1. The lowest BCUT2D eigenvalue weighted by molar-refractivity contribution is 0.308. The summed E-state index contributed by atoms with van der Waals surface area (Å²) in [4.78, 5) is 11.6. The summed E-state index contributed by atoms with van der Waals surface area (Å²) < 4.78 is 6.91. The third-order valence-electron chi connectivity index (χ3n) is 2.66. The molecule has 0 atom stereocenters. The molecule has 2 aromatic rings. The molecule has 0 bridgehead atoms. The van der Waals surface area contributed by atoms with Crippen molar-refractivity contribution in [3.63, 3.8) is 0 Å². The minimum Gasteiger partial charge on any atom is -0.494 e. The topological polar surface area (TPSA) is 70.1 Å². The molecule has 0 aliphatic heterocycles. The molecule has 5 nitrogen and oxygen atoms in total. The molecule has 2 rings (SSSR count). The average Bonchev–Trinajstić information content (AvgIpc) is 2.45. The quantitative estimate of drug-likeness (QED) is 0.795. The van der Waals surface area contributed by atoms with Crippen molar-refractivity contribution < 1.29 is 4.74 Å². The van der Waals surface area contributed by atoms with Crippen LogP contribution in [0, 0.1) is 0 Å². The number of unbranched alkanes of at least 4 members (excludes halogenated alkanes) is 1. The molecule has 1 aromatic carbocycles. The van der Waals surface area contributed by atoms with Crippen molar-refractivity contribution in [3.8, 4) is 11.4 Å². The van der Waals surface area contributed by atoms with Gasteiger partial charge in [-0.3, -0.25) is 4.79 Å². The highest BCUT2D eigenvalue weighted by molar-refractivity contribution is 5.36. The summed E-state index contributed by atoms with van der Waals surface area (Å²) in [6, 6.07) is 10.4. The van der Waals surface area contributed by atoms with Crippen LogP contribution in [0.1, 0.15) is 12.8 Å². The van der Waals surface area contributed by atoms with Crippen molar-refractivity contribution in [1.82, 2.24) is 9.78 Å². The molecule has 19 heavy (non-hydrogen) atoms. The zero-order chi connectivity index (χ0) is 13.5. The number of benzene rings is 1. The molecule has 0 saturated heterocycles. The molecule has 1 aromatic heterocycles. The second-order valence-electron chi connectivity index (χ2n) is 4.11. The Kier molecular flexibility index (Phi) is 4.69. The molecule has 0 radical (unpaired) electrons. The maximum Gasteiger partial charge on any atom is 0.271 e. The number of nitrogens with zero attached hydrogens (tertiary/aromatic N) is 2. The summed E-state index contributed by atoms with van der Waals surface area (Å²) in [6.07, 6.45) is 3.48. The van der Waals surface area contributed by atoms with Gasteiger partial charge in [-0.15, -0.1) is 0 Å². The Labute approximate surface area is 111 Å². The molecule has 2 N–H and O–H groups in total. The van der Waals surface area contributed by atoms with Gasteiger partial charge < -0.3 is 10.5 Å². The van der Waals surface area contributed by atoms with Crippen LogP contribution >= 0.6 is 0 Å². The van der Waals surface area contributed by atoms with Gasteiger partial charge in [0.25, 0.3) is 5.56 Å². The summed E-state index contributed by atoms with van der Waals surface area (Å²) in [7, 11) is 0. The van der Waals surface area contributed by atoms with E-state index in [1.807, 2.05) is 24.3 Å². The predicted molar refractivity (Wildman–Crippen MR) is 73.6 cm³/mol. The SMILES string of the molecule is NCCCCOc1ccc(-n2ncccc2=O)cc1. The summed E-state index contributed by atoms with van der Waals surface area (Å²) in [5.41, 5.74) is 5.98. The smallest absolute Gasteiger partial charge is 0.271 e. The van der Waals surface area contributed by atoms with Crippen LogP contribution in [-0.2, 0) is 0 Å². The summed E-state index contributed by atoms with van der Waals surface area (Å²) in [5, 5.41) is 4.01. The standard InChI is InChI=1S/C14H17N3O2/c15-9-1-2-11-19-13-7-5-12(6-8-13)17-14(18)4-3-10-16-17/h3-8,10H,1-2,9,11,15H2. The van der Waals surface area contributed by atoms with Crippen LogP contribution < -0.4 is 16.0 Å². The van der Waals surface area contributed by atoms with Crippen LogP contribution in [0.25, 0.3) is 5.69 Å². The van der Waals surface area contributed by atoms with Crippen LogP contribution in [0.4, 0.5) is 0 Å². The van der Waals surface area contributed by atoms with E-state index in [1.54, 1.807) is 12.3 Å². The Morgan fingerprint density at radius 2 is 1.95 bits per heavy atom. The molecule has 0 amide bonds. The molecule has 0 unspecified atom stereocenters. The van der Waals surface area contributed by atoms with Crippen LogP contribution in [-0.4, -0.2) is 22.9 Å². The highest BCUT2D eigenvalue weighted by Crippen LogP contribution is 2.13. The molecular formula is C14H17N3O2. The van der Waals surface area contributed by atoms with Gasteiger partial charge in [-0.05, 0) is 49.7 Å². The lowest BCUT2D eigenvalue weighted by atomic mass is 10.3. The van der Waals surface area contributed by atoms with E-state index in [1.165, 1.54) is 10.7 Å². The van der Waals surface area contributed by atoms with Crippen LogP contribution in [0.3, 0.4) is 0 Å². The lowest BCUT2D eigenvalue weighted by Crippen LogP contribution is -2.18. The molecule has 0 spiro atoms. The van der Waals surface area contributed by atoms with Gasteiger partial charge in [0, 0.05) is 12.3 Å². The highest BCUT2D eigenvalue weighted by atomic mass is 16.5. The Hall–Kier alpha value is -2.14. The summed E-state index contributed by atoms with van der Waals surface area (Å²) >= 11 is 0. The van der Waals surface area contributed by atoms with Crippen LogP contribution in [0.2, 0.25) is 0 Å². The molecule has 100 valence electrons. The zero-order valence-electron chi connectivity index (χ0n) is 10.7. The van der Waals surface area contributed by atoms with Gasteiger partial charge in [-0.25, -0.2) is 0 Å². The molecule has 0 aliphatic rings. The minimum absolute atomic E-state index is 0.154. The van der Waals surface area contributed by atoms with Gasteiger partial charge in [0.15, 0.2) is 0 Å². The molecule has 0 fully saturated rings. The Morgan fingerprint density at radius 3 is 2.63 bits per heavy atom. The fraction of sp³-hybridized carbons (Fsp3) is 0.286. The van der Waals surface area contributed by atoms with E-state index in [2.05, 4.69) is 5.10 Å². The Morgan fingerprint density at radius 1 is 1.16 bits per heavy atom. The van der Waals surface area contributed by atoms with Gasteiger partial charge >= 0.3 is 0 Å². The van der Waals surface area contributed by atoms with Crippen LogP contribution in [0.5, 0.6) is 5.75 Å². The molecule has 1 heterocycles. The van der Waals surface area contributed by atoms with E-state index in [0.29, 0.717) is 13.2 Å². The van der Waals surface area contributed by atoms with Gasteiger partial charge in [0.1, 0.15) is 5.75 Å². The number of rotatable bonds is 6. The number of hydrogen-bond donors (Lipinski definition) is 1. The maximum atomic E-state index is 11.6. The first-order valence-corrected chi connectivity index (χ1v) is 6.29. The zero-order valence-corrected chi connectivity index (χ0v) is 10.7. The molecule has 0 aliphatic carbocycles. The molecule has 5 heteroatoms. The second-order valence-corrected chi connectivity index (χ2v) is 4.11. The van der Waals surface area contributed by atoms with E-state index < -0.39 is 0 Å². The number of nitrogens with two attached hydrogens (primary N) is 1. The van der Waals surface area contributed by atoms with Gasteiger partial charge in [0.2, 0.25) is 0 Å². The summed E-state index contributed by atoms with van der Waals surface area (Å²) in [5.74, 6) is 0.782. The first kappa shape index (κ1) is 13.3. The first-order chi connectivity index (χ1) is 9.31. The fourth-order valence-corrected chi connectivity index (χ4v) is 1.67. The third-order valence-corrected chi connectivity index (χ3v) is 2.66. The van der Waals surface area contributed by atoms with Gasteiger partial charge in [-0.2, -0.15) is 9.78 Å². The van der Waals surface area contributed by atoms with Crippen molar-refractivity contribution in [2.45, 2.75) is 12.8 Å². The van der Waals surface area contributed by atoms with Crippen molar-refractivity contribution in [3.05, 3.63) is 52.9 Å². The van der Waals surface area contributed by atoms with Crippen LogP contribution in [0.15, 0.2) is 47.4 Å². The number of aromatic nitrogens is 2. The van der Waals surface area contributed by atoms with E-state index in [4.69, 9.17) is 10.5 Å². The molecule has 0 saturated carbocycles. The predicted octanol–water partition coefficient (Wildman–Crippen LogP) is 1.35. The van der Waals surface area contributed by atoms with Crippen molar-refractivity contribution in [2.75, 3.05) is 13.2 Å². The maximum absolute atomic E-state index is 11.6. The first-order valence-electron chi connectivity index (χ1n) is 6.29. The third kappa shape index (κ3) is 3.66. The average molecular weight is 259 g/mol. The summed E-state index contributed by atoms with van der Waals surface area (Å²) in [6.45, 7) is 1.34. The van der Waals surface area contributed by atoms with Crippen molar-refractivity contribution in [2.24, 2.45) is 5.73 Å². The monoisotopic (exact) mass is 259 g/mol. The number of hydrogen-bond acceptors (Lipinski definition) is 4.